The summed E-state index contributed by atoms with van der Waals surface area (Å²) in [5.41, 5.74) is 8.31. The zero-order valence-electron chi connectivity index (χ0n) is 17.1. The number of rotatable bonds is 6. The van der Waals surface area contributed by atoms with Gasteiger partial charge in [-0.25, -0.2) is 4.98 Å². The van der Waals surface area contributed by atoms with Crippen LogP contribution < -0.4 is 27.2 Å². The fourth-order valence-electron chi connectivity index (χ4n) is 3.71. The summed E-state index contributed by atoms with van der Waals surface area (Å²) >= 11 is 0. The summed E-state index contributed by atoms with van der Waals surface area (Å²) in [7, 11) is 0. The summed E-state index contributed by atoms with van der Waals surface area (Å²) in [5, 5.41) is 8.74. The summed E-state index contributed by atoms with van der Waals surface area (Å²) in [6, 6.07) is 4.98. The maximum Gasteiger partial charge on any atom is 0.277 e. The van der Waals surface area contributed by atoms with E-state index in [1.54, 1.807) is 19.1 Å². The van der Waals surface area contributed by atoms with E-state index in [0.717, 1.165) is 30.5 Å². The number of nitrogens with one attached hydrogen (secondary N) is 3. The molecule has 0 saturated heterocycles. The second kappa shape index (κ2) is 7.81. The first-order valence-corrected chi connectivity index (χ1v) is 10.1. The number of fused-ring (bicyclic) bond motifs is 1. The molecule has 3 heterocycles. The Bertz CT molecular complexity index is 1070. The second-order valence-corrected chi connectivity index (χ2v) is 8.09. The molecule has 158 valence electrons. The van der Waals surface area contributed by atoms with Crippen LogP contribution in [0.15, 0.2) is 23.0 Å². The van der Waals surface area contributed by atoms with E-state index in [-0.39, 0.29) is 36.6 Å². The molecule has 0 aromatic carbocycles. The Morgan fingerprint density at radius 1 is 1.30 bits per heavy atom. The molecule has 1 unspecified atom stereocenters. The van der Waals surface area contributed by atoms with Gasteiger partial charge >= 0.3 is 0 Å². The van der Waals surface area contributed by atoms with Crippen molar-refractivity contribution in [3.8, 4) is 0 Å². The van der Waals surface area contributed by atoms with Crippen molar-refractivity contribution >= 4 is 29.0 Å². The van der Waals surface area contributed by atoms with Gasteiger partial charge in [-0.2, -0.15) is 0 Å². The van der Waals surface area contributed by atoms with Crippen molar-refractivity contribution < 1.29 is 9.59 Å². The average Bonchev–Trinajstić information content (AvgIpc) is 3.50. The molecular formula is C21H26N6O3. The standard InChI is InChI=1S/C21H26N6O3/c1-11-7-15-19(26-20(29)16(25-15)8-13-3-4-13)21(30)27(11)10-18(28)23-9-14-5-6-17(22)24-12(14)2/h5-7,13,16,25H,3-4,8-10H2,1-2H3,(H2,22,24)(H,23,28)(H,26,29). The van der Waals surface area contributed by atoms with Gasteiger partial charge in [0.05, 0.1) is 5.69 Å². The third-order valence-electron chi connectivity index (χ3n) is 5.66. The van der Waals surface area contributed by atoms with Crippen LogP contribution in [0.1, 0.15) is 36.2 Å². The van der Waals surface area contributed by atoms with Crippen LogP contribution in [-0.2, 0) is 22.7 Å². The number of anilines is 3. The average molecular weight is 410 g/mol. The monoisotopic (exact) mass is 410 g/mol. The molecule has 1 aliphatic carbocycles. The van der Waals surface area contributed by atoms with Crippen LogP contribution in [0.4, 0.5) is 17.2 Å². The van der Waals surface area contributed by atoms with Crippen molar-refractivity contribution in [3.63, 3.8) is 0 Å². The Labute approximate surface area is 174 Å². The summed E-state index contributed by atoms with van der Waals surface area (Å²) < 4.78 is 1.37. The minimum absolute atomic E-state index is 0.138. The molecule has 2 aromatic heterocycles. The Hall–Kier alpha value is -3.36. The summed E-state index contributed by atoms with van der Waals surface area (Å²) in [6.07, 6.45) is 3.08. The smallest absolute Gasteiger partial charge is 0.277 e. The normalized spacial score (nSPS) is 17.7. The summed E-state index contributed by atoms with van der Waals surface area (Å²) in [5.74, 6) is 0.504. The lowest BCUT2D eigenvalue weighted by Gasteiger charge is -2.27. The highest BCUT2D eigenvalue weighted by Gasteiger charge is 2.33. The second-order valence-electron chi connectivity index (χ2n) is 8.09. The van der Waals surface area contributed by atoms with Crippen molar-refractivity contribution in [1.82, 2.24) is 14.9 Å². The van der Waals surface area contributed by atoms with Crippen LogP contribution in [-0.4, -0.2) is 27.4 Å². The minimum Gasteiger partial charge on any atom is -0.384 e. The van der Waals surface area contributed by atoms with Gasteiger partial charge in [0.2, 0.25) is 11.8 Å². The molecule has 0 bridgehead atoms. The maximum atomic E-state index is 12.9. The van der Waals surface area contributed by atoms with E-state index in [2.05, 4.69) is 20.9 Å². The summed E-state index contributed by atoms with van der Waals surface area (Å²) in [6.45, 7) is 3.75. The molecule has 1 aliphatic heterocycles. The van der Waals surface area contributed by atoms with Crippen LogP contribution in [0.3, 0.4) is 0 Å². The Kier molecular flexibility index (Phi) is 5.19. The molecule has 2 aliphatic rings. The molecule has 9 nitrogen and oxygen atoms in total. The van der Waals surface area contributed by atoms with Gasteiger partial charge in [0, 0.05) is 17.9 Å². The van der Waals surface area contributed by atoms with Crippen molar-refractivity contribution in [3.05, 3.63) is 45.5 Å². The fourth-order valence-corrected chi connectivity index (χ4v) is 3.71. The van der Waals surface area contributed by atoms with Gasteiger partial charge in [-0.1, -0.05) is 18.9 Å². The van der Waals surface area contributed by atoms with Crippen LogP contribution in [0.25, 0.3) is 0 Å². The van der Waals surface area contributed by atoms with Crippen molar-refractivity contribution in [1.29, 1.82) is 0 Å². The van der Waals surface area contributed by atoms with Gasteiger partial charge < -0.3 is 26.3 Å². The quantitative estimate of drug-likeness (QED) is 0.568. The fraction of sp³-hybridized carbons (Fsp3) is 0.429. The molecule has 9 heteroatoms. The lowest BCUT2D eigenvalue weighted by atomic mass is 10.1. The van der Waals surface area contributed by atoms with Crippen molar-refractivity contribution in [2.45, 2.75) is 52.2 Å². The van der Waals surface area contributed by atoms with Crippen LogP contribution in [0.5, 0.6) is 0 Å². The number of carbonyl (C=O) groups excluding carboxylic acids is 2. The number of aryl methyl sites for hydroxylation is 2. The predicted molar refractivity (Wildman–Crippen MR) is 114 cm³/mol. The molecule has 4 rings (SSSR count). The number of amides is 2. The topological polar surface area (TPSA) is 131 Å². The number of hydrogen-bond acceptors (Lipinski definition) is 6. The van der Waals surface area contributed by atoms with Crippen molar-refractivity contribution in [2.75, 3.05) is 16.4 Å². The molecule has 30 heavy (non-hydrogen) atoms. The first kappa shape index (κ1) is 19.9. The first-order chi connectivity index (χ1) is 14.3. The number of aromatic nitrogens is 2. The SMILES string of the molecule is Cc1nc(N)ccc1CNC(=O)Cn1c(C)cc2c(c1=O)NC(=O)C(CC1CC1)N2. The molecule has 0 spiro atoms. The molecule has 5 N–H and O–H groups in total. The van der Waals surface area contributed by atoms with Gasteiger partial charge in [-0.15, -0.1) is 0 Å². The van der Waals surface area contributed by atoms with E-state index in [9.17, 15) is 14.4 Å². The number of carbonyl (C=O) groups is 2. The lowest BCUT2D eigenvalue weighted by molar-refractivity contribution is -0.122. The molecule has 0 radical (unpaired) electrons. The zero-order valence-corrected chi connectivity index (χ0v) is 17.1. The third-order valence-corrected chi connectivity index (χ3v) is 5.66. The third kappa shape index (κ3) is 4.14. The van der Waals surface area contributed by atoms with Gasteiger partial charge in [-0.3, -0.25) is 14.4 Å². The minimum atomic E-state index is -0.392. The first-order valence-electron chi connectivity index (χ1n) is 10.1. The highest BCUT2D eigenvalue weighted by Crippen LogP contribution is 2.36. The number of nitrogens with zero attached hydrogens (tertiary/aromatic N) is 2. The van der Waals surface area contributed by atoms with Gasteiger partial charge in [0.1, 0.15) is 24.1 Å². The molecule has 1 saturated carbocycles. The Balaban J connectivity index is 1.47. The molecular weight excluding hydrogens is 384 g/mol. The Morgan fingerprint density at radius 3 is 2.77 bits per heavy atom. The van der Waals surface area contributed by atoms with Gasteiger partial charge in [0.25, 0.3) is 5.56 Å². The number of pyridine rings is 2. The summed E-state index contributed by atoms with van der Waals surface area (Å²) in [4.78, 5) is 42.0. The zero-order chi connectivity index (χ0) is 21.4. The molecule has 1 fully saturated rings. The number of nitrogens with two attached hydrogens (primary N) is 1. The predicted octanol–water partition coefficient (Wildman–Crippen LogP) is 1.29. The highest BCUT2D eigenvalue weighted by molar-refractivity contribution is 6.02. The molecule has 2 amide bonds. The van der Waals surface area contributed by atoms with Gasteiger partial charge in [0.15, 0.2) is 0 Å². The van der Waals surface area contributed by atoms with E-state index >= 15 is 0 Å². The van der Waals surface area contributed by atoms with Gasteiger partial charge in [-0.05, 0) is 43.9 Å². The Morgan fingerprint density at radius 2 is 2.07 bits per heavy atom. The van der Waals surface area contributed by atoms with Crippen LogP contribution in [0.2, 0.25) is 0 Å². The van der Waals surface area contributed by atoms with Crippen LogP contribution >= 0.6 is 0 Å². The largest absolute Gasteiger partial charge is 0.384 e. The van der Waals surface area contributed by atoms with E-state index < -0.39 is 5.56 Å². The number of nitrogen functional groups attached to an aromatic ring is 1. The maximum absolute atomic E-state index is 12.9. The van der Waals surface area contributed by atoms with Crippen molar-refractivity contribution in [2.24, 2.45) is 5.92 Å². The molecule has 2 aromatic rings. The lowest BCUT2D eigenvalue weighted by Crippen LogP contribution is -2.43. The van der Waals surface area contributed by atoms with Crippen LogP contribution in [0, 0.1) is 19.8 Å². The van der Waals surface area contributed by atoms with E-state index in [1.807, 2.05) is 13.0 Å². The van der Waals surface area contributed by atoms with E-state index in [0.29, 0.717) is 23.1 Å². The highest BCUT2D eigenvalue weighted by atomic mass is 16.2. The van der Waals surface area contributed by atoms with E-state index in [4.69, 9.17) is 5.73 Å². The molecule has 1 atom stereocenters. The van der Waals surface area contributed by atoms with E-state index in [1.165, 1.54) is 4.57 Å². The number of hydrogen-bond donors (Lipinski definition) is 4.